The number of para-hydroxylation sites is 1. The summed E-state index contributed by atoms with van der Waals surface area (Å²) in [7, 11) is -3.03. The molecule has 1 aromatic rings. The lowest BCUT2D eigenvalue weighted by Gasteiger charge is -2.34. The third-order valence-corrected chi connectivity index (χ3v) is 7.34. The molecule has 0 aliphatic carbocycles. The van der Waals surface area contributed by atoms with Crippen molar-refractivity contribution >= 4 is 27.3 Å². The number of carbonyl (C=O) groups is 2. The Labute approximate surface area is 167 Å². The predicted octanol–water partition coefficient (Wildman–Crippen LogP) is 1.37. The number of rotatable bonds is 6. The number of likely N-dealkylation sites (N-methyl/N-ethyl adjacent to an activating group) is 1. The SMILES string of the molecule is CCN(C(=O)CN1CCC[C@@H](C(=O)Nc2ccccc2)C1)[C@@H]1CCS(=O)(=O)C1. The molecule has 8 heteroatoms. The number of anilines is 1. The Morgan fingerprint density at radius 2 is 1.96 bits per heavy atom. The van der Waals surface area contributed by atoms with E-state index < -0.39 is 9.84 Å². The van der Waals surface area contributed by atoms with Crippen molar-refractivity contribution in [3.63, 3.8) is 0 Å². The molecule has 2 saturated heterocycles. The van der Waals surface area contributed by atoms with Crippen molar-refractivity contribution in [1.29, 1.82) is 0 Å². The van der Waals surface area contributed by atoms with E-state index in [1.165, 1.54) is 0 Å². The molecule has 2 aliphatic heterocycles. The second kappa shape index (κ2) is 9.05. The van der Waals surface area contributed by atoms with Crippen LogP contribution in [0.5, 0.6) is 0 Å². The van der Waals surface area contributed by atoms with E-state index in [1.807, 2.05) is 42.2 Å². The molecule has 154 valence electrons. The van der Waals surface area contributed by atoms with Gasteiger partial charge in [0.1, 0.15) is 0 Å². The lowest BCUT2D eigenvalue weighted by atomic mass is 9.97. The standard InChI is InChI=1S/C20H29N3O4S/c1-2-23(18-10-12-28(26,27)15-18)19(24)14-22-11-6-7-16(13-22)20(25)21-17-8-4-3-5-9-17/h3-5,8-9,16,18H,2,6-7,10-15H2,1H3,(H,21,25)/t16-,18-/m1/s1. The van der Waals surface area contributed by atoms with Crippen LogP contribution in [0, 0.1) is 5.92 Å². The van der Waals surface area contributed by atoms with Crippen LogP contribution in [0.1, 0.15) is 26.2 Å². The fourth-order valence-corrected chi connectivity index (χ4v) is 5.85. The summed E-state index contributed by atoms with van der Waals surface area (Å²) in [4.78, 5) is 29.1. The van der Waals surface area contributed by atoms with E-state index in [0.717, 1.165) is 25.1 Å². The summed E-state index contributed by atoms with van der Waals surface area (Å²) < 4.78 is 23.5. The number of carbonyl (C=O) groups excluding carboxylic acids is 2. The highest BCUT2D eigenvalue weighted by Crippen LogP contribution is 2.21. The average molecular weight is 408 g/mol. The molecule has 0 unspecified atom stereocenters. The topological polar surface area (TPSA) is 86.8 Å². The molecule has 0 saturated carbocycles. The van der Waals surface area contributed by atoms with Crippen molar-refractivity contribution in [1.82, 2.24) is 9.80 Å². The molecular formula is C20H29N3O4S. The van der Waals surface area contributed by atoms with E-state index in [-0.39, 0.29) is 41.8 Å². The molecule has 0 spiro atoms. The summed E-state index contributed by atoms with van der Waals surface area (Å²) in [6.07, 6.45) is 2.19. The summed E-state index contributed by atoms with van der Waals surface area (Å²) in [6, 6.07) is 9.16. The molecule has 7 nitrogen and oxygen atoms in total. The molecule has 2 atom stereocenters. The van der Waals surface area contributed by atoms with Crippen LogP contribution >= 0.6 is 0 Å². The number of hydrogen-bond donors (Lipinski definition) is 1. The van der Waals surface area contributed by atoms with Crippen LogP contribution in [-0.2, 0) is 19.4 Å². The quantitative estimate of drug-likeness (QED) is 0.770. The van der Waals surface area contributed by atoms with E-state index >= 15 is 0 Å². The van der Waals surface area contributed by atoms with Gasteiger partial charge in [0.2, 0.25) is 11.8 Å². The molecule has 2 heterocycles. The molecule has 2 amide bonds. The number of hydrogen-bond acceptors (Lipinski definition) is 5. The first-order valence-corrected chi connectivity index (χ1v) is 11.8. The maximum absolute atomic E-state index is 12.8. The molecule has 0 aromatic heterocycles. The summed E-state index contributed by atoms with van der Waals surface area (Å²) in [5.74, 6) is 0.0108. The van der Waals surface area contributed by atoms with Crippen molar-refractivity contribution in [2.24, 2.45) is 5.92 Å². The highest BCUT2D eigenvalue weighted by molar-refractivity contribution is 7.91. The van der Waals surface area contributed by atoms with Gasteiger partial charge in [-0.15, -0.1) is 0 Å². The van der Waals surface area contributed by atoms with Gasteiger partial charge in [0.15, 0.2) is 9.84 Å². The number of amides is 2. The number of benzene rings is 1. The minimum atomic E-state index is -3.03. The Morgan fingerprint density at radius 1 is 1.21 bits per heavy atom. The Kier molecular flexibility index (Phi) is 6.72. The first-order valence-electron chi connectivity index (χ1n) is 9.96. The molecule has 0 bridgehead atoms. The van der Waals surface area contributed by atoms with Gasteiger partial charge in [-0.2, -0.15) is 0 Å². The van der Waals surface area contributed by atoms with Crippen molar-refractivity contribution in [3.05, 3.63) is 30.3 Å². The third kappa shape index (κ3) is 5.32. The maximum Gasteiger partial charge on any atom is 0.237 e. The number of sulfone groups is 1. The number of piperidine rings is 1. The molecule has 3 rings (SSSR count). The number of nitrogens with zero attached hydrogens (tertiary/aromatic N) is 2. The third-order valence-electron chi connectivity index (χ3n) is 5.59. The Morgan fingerprint density at radius 3 is 2.61 bits per heavy atom. The Hall–Kier alpha value is -1.93. The van der Waals surface area contributed by atoms with Crippen LogP contribution in [0.4, 0.5) is 5.69 Å². The monoisotopic (exact) mass is 407 g/mol. The van der Waals surface area contributed by atoms with Gasteiger partial charge in [-0.1, -0.05) is 18.2 Å². The Balaban J connectivity index is 1.55. The lowest BCUT2D eigenvalue weighted by Crippen LogP contribution is -2.49. The minimum absolute atomic E-state index is 0.0161. The fraction of sp³-hybridized carbons (Fsp3) is 0.600. The second-order valence-electron chi connectivity index (χ2n) is 7.67. The van der Waals surface area contributed by atoms with Gasteiger partial charge in [0.25, 0.3) is 0 Å². The summed E-state index contributed by atoms with van der Waals surface area (Å²) in [5.41, 5.74) is 0.778. The molecule has 0 radical (unpaired) electrons. The fourth-order valence-electron chi connectivity index (χ4n) is 4.12. The molecule has 1 N–H and O–H groups in total. The zero-order valence-electron chi connectivity index (χ0n) is 16.3. The summed E-state index contributed by atoms with van der Waals surface area (Å²) in [6.45, 7) is 3.95. The normalized spacial score (nSPS) is 24.6. The van der Waals surface area contributed by atoms with E-state index in [0.29, 0.717) is 19.5 Å². The molecule has 2 aliphatic rings. The van der Waals surface area contributed by atoms with E-state index in [4.69, 9.17) is 0 Å². The minimum Gasteiger partial charge on any atom is -0.338 e. The first kappa shape index (κ1) is 20.8. The number of likely N-dealkylation sites (tertiary alicyclic amines) is 1. The molecule has 1 aromatic carbocycles. The van der Waals surface area contributed by atoms with Gasteiger partial charge < -0.3 is 10.2 Å². The molecule has 2 fully saturated rings. The van der Waals surface area contributed by atoms with Gasteiger partial charge in [0.05, 0.1) is 24.0 Å². The van der Waals surface area contributed by atoms with Gasteiger partial charge in [-0.3, -0.25) is 14.5 Å². The van der Waals surface area contributed by atoms with Crippen LogP contribution < -0.4 is 5.32 Å². The van der Waals surface area contributed by atoms with Crippen molar-refractivity contribution in [3.8, 4) is 0 Å². The van der Waals surface area contributed by atoms with Gasteiger partial charge in [0, 0.05) is 24.8 Å². The molecular weight excluding hydrogens is 378 g/mol. The van der Waals surface area contributed by atoms with Crippen molar-refractivity contribution in [2.45, 2.75) is 32.2 Å². The van der Waals surface area contributed by atoms with E-state index in [2.05, 4.69) is 5.32 Å². The van der Waals surface area contributed by atoms with Gasteiger partial charge in [-0.05, 0) is 44.9 Å². The van der Waals surface area contributed by atoms with Crippen LogP contribution in [-0.4, -0.2) is 73.8 Å². The van der Waals surface area contributed by atoms with Gasteiger partial charge >= 0.3 is 0 Å². The van der Waals surface area contributed by atoms with E-state index in [1.54, 1.807) is 4.90 Å². The zero-order chi connectivity index (χ0) is 20.1. The van der Waals surface area contributed by atoms with Crippen LogP contribution in [0.2, 0.25) is 0 Å². The second-order valence-corrected chi connectivity index (χ2v) is 9.89. The van der Waals surface area contributed by atoms with Gasteiger partial charge in [-0.25, -0.2) is 8.42 Å². The summed E-state index contributed by atoms with van der Waals surface area (Å²) in [5, 5.41) is 2.95. The largest absolute Gasteiger partial charge is 0.338 e. The van der Waals surface area contributed by atoms with Crippen LogP contribution in [0.15, 0.2) is 30.3 Å². The van der Waals surface area contributed by atoms with Crippen LogP contribution in [0.3, 0.4) is 0 Å². The highest BCUT2D eigenvalue weighted by atomic mass is 32.2. The van der Waals surface area contributed by atoms with E-state index in [9.17, 15) is 18.0 Å². The zero-order valence-corrected chi connectivity index (χ0v) is 17.2. The van der Waals surface area contributed by atoms with Crippen LogP contribution in [0.25, 0.3) is 0 Å². The number of nitrogens with one attached hydrogen (secondary N) is 1. The Bertz CT molecular complexity index is 797. The smallest absolute Gasteiger partial charge is 0.237 e. The first-order chi connectivity index (χ1) is 13.4. The predicted molar refractivity (Wildman–Crippen MR) is 109 cm³/mol. The lowest BCUT2D eigenvalue weighted by molar-refractivity contribution is -0.135. The summed E-state index contributed by atoms with van der Waals surface area (Å²) >= 11 is 0. The van der Waals surface area contributed by atoms with Crippen molar-refractivity contribution in [2.75, 3.05) is 43.0 Å². The van der Waals surface area contributed by atoms with Crippen molar-refractivity contribution < 1.29 is 18.0 Å². The molecule has 28 heavy (non-hydrogen) atoms. The highest BCUT2D eigenvalue weighted by Gasteiger charge is 2.35. The average Bonchev–Trinajstić information content (AvgIpc) is 3.03. The maximum atomic E-state index is 12.8.